The molecule has 5 nitrogen and oxygen atoms in total. The van der Waals surface area contributed by atoms with Crippen LogP contribution >= 0.6 is 0 Å². The van der Waals surface area contributed by atoms with Gasteiger partial charge >= 0.3 is 0 Å². The second-order valence-electron chi connectivity index (χ2n) is 3.93. The zero-order chi connectivity index (χ0) is 11.7. The second-order valence-corrected chi connectivity index (χ2v) is 3.93. The summed E-state index contributed by atoms with van der Waals surface area (Å²) >= 11 is 0. The summed E-state index contributed by atoms with van der Waals surface area (Å²) in [6.07, 6.45) is 0.717. The third-order valence-corrected chi connectivity index (χ3v) is 2.25. The Labute approximate surface area is 91.2 Å². The Morgan fingerprint density at radius 1 is 1.27 bits per heavy atom. The quantitative estimate of drug-likeness (QED) is 0.211. The molecular formula is C10H22N2O3. The van der Waals surface area contributed by atoms with Crippen LogP contribution in [-0.2, 0) is 9.47 Å². The molecule has 0 saturated carbocycles. The lowest BCUT2D eigenvalue weighted by molar-refractivity contribution is 0.0460. The minimum atomic E-state index is -0.333. The monoisotopic (exact) mass is 218 g/mol. The summed E-state index contributed by atoms with van der Waals surface area (Å²) < 4.78 is 10.5. The number of hydrogen-bond acceptors (Lipinski definition) is 4. The smallest absolute Gasteiger partial charge is 0.144 e. The molecule has 0 aromatic heterocycles. The van der Waals surface area contributed by atoms with Gasteiger partial charge in [0.1, 0.15) is 5.84 Å². The van der Waals surface area contributed by atoms with E-state index in [1.807, 2.05) is 20.8 Å². The first kappa shape index (κ1) is 14.2. The Bertz CT molecular complexity index is 193. The Morgan fingerprint density at radius 2 is 1.87 bits per heavy atom. The lowest BCUT2D eigenvalue weighted by Crippen LogP contribution is -2.33. The number of ether oxygens (including phenoxy) is 2. The summed E-state index contributed by atoms with van der Waals surface area (Å²) in [4.78, 5) is 0. The maximum Gasteiger partial charge on any atom is 0.144 e. The molecule has 0 saturated heterocycles. The lowest BCUT2D eigenvalue weighted by atomic mass is 9.88. The topological polar surface area (TPSA) is 77.1 Å². The molecule has 0 heterocycles. The van der Waals surface area contributed by atoms with E-state index in [1.54, 1.807) is 0 Å². The number of rotatable bonds is 8. The summed E-state index contributed by atoms with van der Waals surface area (Å²) in [6, 6.07) is 0. The van der Waals surface area contributed by atoms with Gasteiger partial charge in [-0.3, -0.25) is 0 Å². The number of oxime groups is 1. The molecule has 0 radical (unpaired) electrons. The van der Waals surface area contributed by atoms with Gasteiger partial charge in [0.25, 0.3) is 0 Å². The summed E-state index contributed by atoms with van der Waals surface area (Å²) in [7, 11) is 0. The van der Waals surface area contributed by atoms with Crippen LogP contribution in [0.5, 0.6) is 0 Å². The van der Waals surface area contributed by atoms with E-state index in [-0.39, 0.29) is 11.3 Å². The van der Waals surface area contributed by atoms with E-state index in [9.17, 15) is 0 Å². The molecular weight excluding hydrogens is 196 g/mol. The highest BCUT2D eigenvalue weighted by molar-refractivity contribution is 5.85. The van der Waals surface area contributed by atoms with Gasteiger partial charge < -0.3 is 20.4 Å². The molecule has 15 heavy (non-hydrogen) atoms. The molecule has 0 aliphatic carbocycles. The first-order valence-corrected chi connectivity index (χ1v) is 5.18. The van der Waals surface area contributed by atoms with E-state index in [2.05, 4.69) is 5.16 Å². The van der Waals surface area contributed by atoms with Crippen LogP contribution in [0.25, 0.3) is 0 Å². The van der Waals surface area contributed by atoms with Crippen LogP contribution < -0.4 is 5.73 Å². The van der Waals surface area contributed by atoms with Crippen molar-refractivity contribution in [3.05, 3.63) is 0 Å². The molecule has 0 aromatic rings. The van der Waals surface area contributed by atoms with E-state index in [4.69, 9.17) is 20.4 Å². The predicted molar refractivity (Wildman–Crippen MR) is 59.1 cm³/mol. The third-order valence-electron chi connectivity index (χ3n) is 2.25. The first-order chi connectivity index (χ1) is 7.04. The molecule has 0 bridgehead atoms. The SMILES string of the molecule is CCOCCOCCC(C)(C)C(N)=NO. The average molecular weight is 218 g/mol. The van der Waals surface area contributed by atoms with Crippen LogP contribution in [0.1, 0.15) is 27.2 Å². The maximum atomic E-state index is 8.55. The summed E-state index contributed by atoms with van der Waals surface area (Å²) in [5.41, 5.74) is 5.20. The molecule has 0 amide bonds. The van der Waals surface area contributed by atoms with E-state index in [0.717, 1.165) is 6.42 Å². The van der Waals surface area contributed by atoms with E-state index >= 15 is 0 Å². The number of amidine groups is 1. The van der Waals surface area contributed by atoms with Crippen molar-refractivity contribution in [1.29, 1.82) is 0 Å². The summed E-state index contributed by atoms with van der Waals surface area (Å²) in [5.74, 6) is 0.232. The van der Waals surface area contributed by atoms with Crippen molar-refractivity contribution in [2.75, 3.05) is 26.4 Å². The van der Waals surface area contributed by atoms with Gasteiger partial charge in [-0.1, -0.05) is 19.0 Å². The van der Waals surface area contributed by atoms with Gasteiger partial charge in [0.05, 0.1) is 13.2 Å². The van der Waals surface area contributed by atoms with Gasteiger partial charge in [-0.25, -0.2) is 0 Å². The fourth-order valence-electron chi connectivity index (χ4n) is 0.955. The van der Waals surface area contributed by atoms with Crippen LogP contribution in [0, 0.1) is 5.41 Å². The van der Waals surface area contributed by atoms with Gasteiger partial charge in [-0.15, -0.1) is 0 Å². The second kappa shape index (κ2) is 7.48. The third kappa shape index (κ3) is 6.30. The van der Waals surface area contributed by atoms with Crippen molar-refractivity contribution >= 4 is 5.84 Å². The molecule has 90 valence electrons. The van der Waals surface area contributed by atoms with Gasteiger partial charge in [-0.05, 0) is 13.3 Å². The zero-order valence-electron chi connectivity index (χ0n) is 9.82. The normalized spacial score (nSPS) is 13.1. The standard InChI is InChI=1S/C10H22N2O3/c1-4-14-7-8-15-6-5-10(2,3)9(11)12-13/h13H,4-8H2,1-3H3,(H2,11,12). The van der Waals surface area contributed by atoms with Crippen LogP contribution in [0.3, 0.4) is 0 Å². The van der Waals surface area contributed by atoms with Gasteiger partial charge in [0, 0.05) is 18.6 Å². The molecule has 0 unspecified atom stereocenters. The van der Waals surface area contributed by atoms with E-state index < -0.39 is 0 Å². The molecule has 0 rings (SSSR count). The summed E-state index contributed by atoms with van der Waals surface area (Å²) in [6.45, 7) is 8.25. The minimum Gasteiger partial charge on any atom is -0.409 e. The van der Waals surface area contributed by atoms with Crippen molar-refractivity contribution in [3.63, 3.8) is 0 Å². The molecule has 0 fully saturated rings. The van der Waals surface area contributed by atoms with Crippen molar-refractivity contribution in [1.82, 2.24) is 0 Å². The number of nitrogens with two attached hydrogens (primary N) is 1. The zero-order valence-corrected chi connectivity index (χ0v) is 9.82. The molecule has 0 spiro atoms. The molecule has 0 atom stereocenters. The highest BCUT2D eigenvalue weighted by Gasteiger charge is 2.22. The van der Waals surface area contributed by atoms with Gasteiger partial charge in [0.15, 0.2) is 0 Å². The molecule has 0 aliphatic heterocycles. The van der Waals surface area contributed by atoms with Gasteiger partial charge in [-0.2, -0.15) is 0 Å². The fourth-order valence-corrected chi connectivity index (χ4v) is 0.955. The Balaban J connectivity index is 3.58. The Morgan fingerprint density at radius 3 is 2.40 bits per heavy atom. The molecule has 3 N–H and O–H groups in total. The van der Waals surface area contributed by atoms with Crippen LogP contribution in [0.15, 0.2) is 5.16 Å². The number of nitrogens with zero attached hydrogens (tertiary/aromatic N) is 1. The molecule has 5 heteroatoms. The van der Waals surface area contributed by atoms with Gasteiger partial charge in [0.2, 0.25) is 0 Å². The minimum absolute atomic E-state index is 0.232. The van der Waals surface area contributed by atoms with Crippen LogP contribution in [-0.4, -0.2) is 37.5 Å². The van der Waals surface area contributed by atoms with Crippen LogP contribution in [0.2, 0.25) is 0 Å². The Kier molecular flexibility index (Phi) is 7.07. The van der Waals surface area contributed by atoms with Crippen LogP contribution in [0.4, 0.5) is 0 Å². The summed E-state index contributed by atoms with van der Waals surface area (Å²) in [5, 5.41) is 11.5. The predicted octanol–water partition coefficient (Wildman–Crippen LogP) is 1.20. The van der Waals surface area contributed by atoms with Crippen molar-refractivity contribution in [2.24, 2.45) is 16.3 Å². The van der Waals surface area contributed by atoms with E-state index in [0.29, 0.717) is 26.4 Å². The first-order valence-electron chi connectivity index (χ1n) is 5.18. The van der Waals surface area contributed by atoms with E-state index in [1.165, 1.54) is 0 Å². The average Bonchev–Trinajstić information content (AvgIpc) is 2.22. The molecule has 0 aliphatic rings. The largest absolute Gasteiger partial charge is 0.409 e. The maximum absolute atomic E-state index is 8.55. The highest BCUT2D eigenvalue weighted by Crippen LogP contribution is 2.19. The lowest BCUT2D eigenvalue weighted by Gasteiger charge is -2.22. The highest BCUT2D eigenvalue weighted by atomic mass is 16.5. The fraction of sp³-hybridized carbons (Fsp3) is 0.900. The molecule has 0 aromatic carbocycles. The van der Waals surface area contributed by atoms with Crippen molar-refractivity contribution in [2.45, 2.75) is 27.2 Å². The van der Waals surface area contributed by atoms with Crippen molar-refractivity contribution < 1.29 is 14.7 Å². The Hall–Kier alpha value is -0.810. The van der Waals surface area contributed by atoms with Crippen molar-refractivity contribution in [3.8, 4) is 0 Å². The number of hydrogen-bond donors (Lipinski definition) is 2.